The fraction of sp³-hybridized carbons (Fsp3) is 0.263. The molecule has 2 aromatic rings. The number of nitrogens with zero attached hydrogens (tertiary/aromatic N) is 2. The van der Waals surface area contributed by atoms with Crippen molar-refractivity contribution in [3.05, 3.63) is 56.6 Å². The van der Waals surface area contributed by atoms with Crippen LogP contribution in [-0.4, -0.2) is 29.4 Å². The number of nitrogens with one attached hydrogen (secondary N) is 1. The highest BCUT2D eigenvalue weighted by atomic mass is 35.5. The van der Waals surface area contributed by atoms with Crippen LogP contribution in [0.1, 0.15) is 13.8 Å². The molecule has 0 spiro atoms. The molecule has 10 heteroatoms. The van der Waals surface area contributed by atoms with E-state index < -0.39 is 22.8 Å². The van der Waals surface area contributed by atoms with Gasteiger partial charge in [0.2, 0.25) is 5.91 Å². The summed E-state index contributed by atoms with van der Waals surface area (Å²) in [5.74, 6) is -0.869. The van der Waals surface area contributed by atoms with E-state index in [4.69, 9.17) is 27.9 Å². The van der Waals surface area contributed by atoms with Gasteiger partial charge in [0.15, 0.2) is 6.10 Å². The molecule has 0 aromatic heterocycles. The first-order valence-electron chi connectivity index (χ1n) is 8.68. The fourth-order valence-electron chi connectivity index (χ4n) is 2.90. The van der Waals surface area contributed by atoms with Crippen LogP contribution in [0.4, 0.5) is 17.1 Å². The zero-order valence-corrected chi connectivity index (χ0v) is 17.0. The summed E-state index contributed by atoms with van der Waals surface area (Å²) in [7, 11) is 0. The number of non-ortho nitro benzene ring substituents is 1. The maximum Gasteiger partial charge on any atom is 0.271 e. The fourth-order valence-corrected chi connectivity index (χ4v) is 3.24. The van der Waals surface area contributed by atoms with Crippen molar-refractivity contribution in [2.45, 2.75) is 20.0 Å². The van der Waals surface area contributed by atoms with Gasteiger partial charge < -0.3 is 10.1 Å². The molecule has 0 saturated heterocycles. The van der Waals surface area contributed by atoms with Gasteiger partial charge >= 0.3 is 0 Å². The summed E-state index contributed by atoms with van der Waals surface area (Å²) < 4.78 is 5.72. The number of rotatable bonds is 5. The van der Waals surface area contributed by atoms with Crippen LogP contribution in [0.3, 0.4) is 0 Å². The molecule has 1 N–H and O–H groups in total. The van der Waals surface area contributed by atoms with Gasteiger partial charge in [-0.2, -0.15) is 0 Å². The number of benzene rings is 2. The maximum absolute atomic E-state index is 12.9. The van der Waals surface area contributed by atoms with Crippen molar-refractivity contribution in [2.75, 3.05) is 16.8 Å². The van der Waals surface area contributed by atoms with Crippen LogP contribution in [-0.2, 0) is 9.59 Å². The maximum atomic E-state index is 12.9. The lowest BCUT2D eigenvalue weighted by Crippen LogP contribution is -2.50. The molecule has 2 amide bonds. The Balaban J connectivity index is 1.92. The van der Waals surface area contributed by atoms with E-state index in [-0.39, 0.29) is 28.9 Å². The Labute approximate surface area is 176 Å². The van der Waals surface area contributed by atoms with Crippen molar-refractivity contribution in [3.63, 3.8) is 0 Å². The molecule has 1 atom stereocenters. The van der Waals surface area contributed by atoms with E-state index in [2.05, 4.69) is 5.32 Å². The molecule has 0 aliphatic carbocycles. The van der Waals surface area contributed by atoms with Gasteiger partial charge in [0.1, 0.15) is 12.3 Å². The van der Waals surface area contributed by atoms with E-state index in [0.717, 1.165) is 0 Å². The highest BCUT2D eigenvalue weighted by molar-refractivity contribution is 6.35. The number of carbonyl (C=O) groups excluding carboxylic acids is 2. The second-order valence-electron chi connectivity index (χ2n) is 6.79. The first-order valence-corrected chi connectivity index (χ1v) is 9.44. The molecule has 29 heavy (non-hydrogen) atoms. The average molecular weight is 438 g/mol. The Bertz CT molecular complexity index is 996. The SMILES string of the molecule is CC(C)C1Oc2ccc([N+](=O)[O-])cc2N(CC(=O)Nc2cc(Cl)ccc2Cl)C1=O. The largest absolute Gasteiger partial charge is 0.478 e. The van der Waals surface area contributed by atoms with Crippen molar-refractivity contribution in [1.82, 2.24) is 0 Å². The van der Waals surface area contributed by atoms with Gasteiger partial charge in [-0.3, -0.25) is 24.6 Å². The summed E-state index contributed by atoms with van der Waals surface area (Å²) in [5, 5.41) is 14.4. The normalized spacial score (nSPS) is 15.7. The van der Waals surface area contributed by atoms with E-state index >= 15 is 0 Å². The van der Waals surface area contributed by atoms with Gasteiger partial charge in [0.05, 0.1) is 21.3 Å². The quantitative estimate of drug-likeness (QED) is 0.554. The summed E-state index contributed by atoms with van der Waals surface area (Å²) in [6.07, 6.45) is -0.813. The molecule has 1 aliphatic heterocycles. The number of amides is 2. The lowest BCUT2D eigenvalue weighted by molar-refractivity contribution is -0.384. The highest BCUT2D eigenvalue weighted by Gasteiger charge is 2.38. The number of hydrogen-bond donors (Lipinski definition) is 1. The van der Waals surface area contributed by atoms with Crippen LogP contribution >= 0.6 is 23.2 Å². The Hall–Kier alpha value is -2.84. The van der Waals surface area contributed by atoms with Gasteiger partial charge in [0.25, 0.3) is 11.6 Å². The molecule has 3 rings (SSSR count). The van der Waals surface area contributed by atoms with Crippen LogP contribution in [0, 0.1) is 16.0 Å². The van der Waals surface area contributed by atoms with Crippen LogP contribution in [0.5, 0.6) is 5.75 Å². The molecule has 0 bridgehead atoms. The molecular formula is C19H17Cl2N3O5. The van der Waals surface area contributed by atoms with Crippen molar-refractivity contribution in [3.8, 4) is 5.75 Å². The summed E-state index contributed by atoms with van der Waals surface area (Å²) in [6, 6.07) is 8.52. The summed E-state index contributed by atoms with van der Waals surface area (Å²) in [4.78, 5) is 37.3. The second-order valence-corrected chi connectivity index (χ2v) is 7.63. The number of carbonyl (C=O) groups is 2. The van der Waals surface area contributed by atoms with Crippen LogP contribution in [0.25, 0.3) is 0 Å². The summed E-state index contributed by atoms with van der Waals surface area (Å²) in [6.45, 7) is 3.24. The number of halogens is 2. The van der Waals surface area contributed by atoms with E-state index in [1.165, 1.54) is 35.2 Å². The third-order valence-electron chi connectivity index (χ3n) is 4.32. The molecule has 152 valence electrons. The minimum atomic E-state index is -0.813. The lowest BCUT2D eigenvalue weighted by atomic mass is 10.0. The highest BCUT2D eigenvalue weighted by Crippen LogP contribution is 2.38. The number of hydrogen-bond acceptors (Lipinski definition) is 5. The standard InChI is InChI=1S/C19H17Cl2N3O5/c1-10(2)18-19(26)23(15-8-12(24(27)28)4-6-16(15)29-18)9-17(25)22-14-7-11(20)3-5-13(14)21/h3-8,10,18H,9H2,1-2H3,(H,22,25). The Morgan fingerprint density at radius 3 is 2.66 bits per heavy atom. The van der Waals surface area contributed by atoms with E-state index in [9.17, 15) is 19.7 Å². The predicted molar refractivity (Wildman–Crippen MR) is 110 cm³/mol. The molecular weight excluding hydrogens is 421 g/mol. The second kappa shape index (κ2) is 8.26. The van der Waals surface area contributed by atoms with Gasteiger partial charge in [-0.25, -0.2) is 0 Å². The Morgan fingerprint density at radius 1 is 1.28 bits per heavy atom. The van der Waals surface area contributed by atoms with Gasteiger partial charge in [-0.1, -0.05) is 37.0 Å². The van der Waals surface area contributed by atoms with E-state index in [0.29, 0.717) is 16.5 Å². The molecule has 0 fully saturated rings. The number of ether oxygens (including phenoxy) is 1. The predicted octanol–water partition coefficient (Wildman–Crippen LogP) is 4.29. The van der Waals surface area contributed by atoms with Crippen molar-refractivity contribution < 1.29 is 19.2 Å². The zero-order valence-electron chi connectivity index (χ0n) is 15.5. The minimum Gasteiger partial charge on any atom is -0.478 e. The van der Waals surface area contributed by atoms with Crippen LogP contribution in [0.2, 0.25) is 10.0 Å². The molecule has 2 aromatic carbocycles. The van der Waals surface area contributed by atoms with Gasteiger partial charge in [-0.15, -0.1) is 0 Å². The smallest absolute Gasteiger partial charge is 0.271 e. The monoisotopic (exact) mass is 437 g/mol. The third kappa shape index (κ3) is 4.44. The Kier molecular flexibility index (Phi) is 5.95. The van der Waals surface area contributed by atoms with Crippen molar-refractivity contribution in [1.29, 1.82) is 0 Å². The van der Waals surface area contributed by atoms with Gasteiger partial charge in [-0.05, 0) is 30.2 Å². The number of anilines is 2. The number of fused-ring (bicyclic) bond motifs is 1. The summed E-state index contributed by atoms with van der Waals surface area (Å²) >= 11 is 12.0. The van der Waals surface area contributed by atoms with Crippen LogP contribution in [0.15, 0.2) is 36.4 Å². The molecule has 1 heterocycles. The van der Waals surface area contributed by atoms with Crippen LogP contribution < -0.4 is 15.0 Å². The van der Waals surface area contributed by atoms with Gasteiger partial charge in [0, 0.05) is 17.2 Å². The topological polar surface area (TPSA) is 102 Å². The van der Waals surface area contributed by atoms with Crippen molar-refractivity contribution in [2.24, 2.45) is 5.92 Å². The number of nitro benzene ring substituents is 1. The molecule has 1 aliphatic rings. The lowest BCUT2D eigenvalue weighted by Gasteiger charge is -2.35. The van der Waals surface area contributed by atoms with E-state index in [1.807, 2.05) is 13.8 Å². The van der Waals surface area contributed by atoms with Crippen molar-refractivity contribution >= 4 is 52.1 Å². The molecule has 0 radical (unpaired) electrons. The average Bonchev–Trinajstić information content (AvgIpc) is 2.66. The third-order valence-corrected chi connectivity index (χ3v) is 4.88. The number of nitro groups is 1. The first kappa shape index (κ1) is 20.9. The van der Waals surface area contributed by atoms with E-state index in [1.54, 1.807) is 6.07 Å². The molecule has 8 nitrogen and oxygen atoms in total. The summed E-state index contributed by atoms with van der Waals surface area (Å²) in [5.41, 5.74) is 0.240. The molecule has 0 saturated carbocycles. The zero-order chi connectivity index (χ0) is 21.3. The molecule has 1 unspecified atom stereocenters. The first-order chi connectivity index (χ1) is 13.7. The Morgan fingerprint density at radius 2 is 2.00 bits per heavy atom. The minimum absolute atomic E-state index is 0.161.